The van der Waals surface area contributed by atoms with Gasteiger partial charge in [0.1, 0.15) is 5.82 Å². The minimum absolute atomic E-state index is 0.0659. The van der Waals surface area contributed by atoms with E-state index in [1.165, 1.54) is 38.5 Å². The second-order valence-electron chi connectivity index (χ2n) is 6.85. The number of halogens is 1. The predicted octanol–water partition coefficient (Wildman–Crippen LogP) is 3.87. The van der Waals surface area contributed by atoms with Crippen molar-refractivity contribution in [3.8, 4) is 0 Å². The van der Waals surface area contributed by atoms with Crippen LogP contribution in [0.2, 0.25) is 0 Å². The number of likely N-dealkylation sites (tertiary alicyclic amines) is 1. The summed E-state index contributed by atoms with van der Waals surface area (Å²) in [6.07, 6.45) is 8.04. The molecule has 4 atom stereocenters. The van der Waals surface area contributed by atoms with Crippen LogP contribution < -0.4 is 5.73 Å². The number of nitrogens with zero attached hydrogens (tertiary/aromatic N) is 1. The molecule has 116 valence electrons. The van der Waals surface area contributed by atoms with E-state index in [2.05, 4.69) is 11.8 Å². The van der Waals surface area contributed by atoms with Gasteiger partial charge in [-0.3, -0.25) is 4.90 Å². The fourth-order valence-corrected chi connectivity index (χ4v) is 4.47. The van der Waals surface area contributed by atoms with Crippen LogP contribution in [0.25, 0.3) is 0 Å². The van der Waals surface area contributed by atoms with Crippen molar-refractivity contribution in [2.24, 2.45) is 11.7 Å². The standard InChI is InChI=1S/C18H27FN2/c1-13(20)18(15-8-10-16(19)11-9-15)21-12-4-6-14-5-2-3-7-17(14)21/h8-11,13-14,17-18H,2-7,12,20H2,1H3/t13?,14-,17-,18?/m1/s1. The van der Waals surface area contributed by atoms with Gasteiger partial charge in [0.2, 0.25) is 0 Å². The zero-order valence-corrected chi connectivity index (χ0v) is 13.0. The lowest BCUT2D eigenvalue weighted by atomic mass is 9.77. The van der Waals surface area contributed by atoms with Crippen LogP contribution in [0, 0.1) is 11.7 Å². The van der Waals surface area contributed by atoms with Crippen LogP contribution in [0.4, 0.5) is 4.39 Å². The molecule has 1 heterocycles. The minimum atomic E-state index is -0.170. The van der Waals surface area contributed by atoms with Gasteiger partial charge >= 0.3 is 0 Å². The van der Waals surface area contributed by atoms with Gasteiger partial charge in [-0.2, -0.15) is 0 Å². The molecule has 2 aliphatic rings. The highest BCUT2D eigenvalue weighted by Gasteiger charge is 2.38. The molecule has 0 aromatic heterocycles. The summed E-state index contributed by atoms with van der Waals surface area (Å²) in [4.78, 5) is 2.63. The summed E-state index contributed by atoms with van der Waals surface area (Å²) in [6, 6.07) is 7.91. The first-order valence-corrected chi connectivity index (χ1v) is 8.43. The molecule has 3 rings (SSSR count). The van der Waals surface area contributed by atoms with E-state index in [9.17, 15) is 4.39 Å². The predicted molar refractivity (Wildman–Crippen MR) is 84.5 cm³/mol. The van der Waals surface area contributed by atoms with Gasteiger partial charge in [-0.15, -0.1) is 0 Å². The molecule has 1 saturated heterocycles. The number of hydrogen-bond donors (Lipinski definition) is 1. The van der Waals surface area contributed by atoms with E-state index < -0.39 is 0 Å². The van der Waals surface area contributed by atoms with Gasteiger partial charge in [-0.05, 0) is 62.8 Å². The molecule has 1 aliphatic carbocycles. The van der Waals surface area contributed by atoms with Crippen LogP contribution in [-0.4, -0.2) is 23.5 Å². The Morgan fingerprint density at radius 2 is 1.76 bits per heavy atom. The lowest BCUT2D eigenvalue weighted by Gasteiger charge is -2.49. The van der Waals surface area contributed by atoms with Crippen molar-refractivity contribution in [1.29, 1.82) is 0 Å². The third kappa shape index (κ3) is 3.14. The third-order valence-corrected chi connectivity index (χ3v) is 5.35. The Hall–Kier alpha value is -0.930. The van der Waals surface area contributed by atoms with Crippen molar-refractivity contribution >= 4 is 0 Å². The fraction of sp³-hybridized carbons (Fsp3) is 0.667. The van der Waals surface area contributed by atoms with E-state index in [0.717, 1.165) is 18.0 Å². The first kappa shape index (κ1) is 15.0. The summed E-state index contributed by atoms with van der Waals surface area (Å²) in [6.45, 7) is 3.21. The molecule has 0 bridgehead atoms. The number of piperidine rings is 1. The van der Waals surface area contributed by atoms with E-state index in [-0.39, 0.29) is 17.9 Å². The molecule has 2 unspecified atom stereocenters. The van der Waals surface area contributed by atoms with E-state index >= 15 is 0 Å². The molecule has 1 aromatic carbocycles. The molecule has 0 amide bonds. The van der Waals surface area contributed by atoms with Crippen molar-refractivity contribution in [3.05, 3.63) is 35.6 Å². The Kier molecular flexibility index (Phi) is 4.60. The maximum absolute atomic E-state index is 13.2. The summed E-state index contributed by atoms with van der Waals surface area (Å²) in [7, 11) is 0. The van der Waals surface area contributed by atoms with Crippen LogP contribution in [-0.2, 0) is 0 Å². The number of hydrogen-bond acceptors (Lipinski definition) is 2. The smallest absolute Gasteiger partial charge is 0.123 e. The van der Waals surface area contributed by atoms with Gasteiger partial charge in [-0.25, -0.2) is 4.39 Å². The summed E-state index contributed by atoms with van der Waals surface area (Å²) in [5.41, 5.74) is 7.49. The highest BCUT2D eigenvalue weighted by atomic mass is 19.1. The van der Waals surface area contributed by atoms with Gasteiger partial charge in [-0.1, -0.05) is 25.0 Å². The van der Waals surface area contributed by atoms with Crippen molar-refractivity contribution in [1.82, 2.24) is 4.90 Å². The largest absolute Gasteiger partial charge is 0.326 e. The fourth-order valence-electron chi connectivity index (χ4n) is 4.47. The number of rotatable bonds is 3. The lowest BCUT2D eigenvalue weighted by Crippen LogP contribution is -2.52. The molecular weight excluding hydrogens is 263 g/mol. The lowest BCUT2D eigenvalue weighted by molar-refractivity contribution is 0.0178. The van der Waals surface area contributed by atoms with Crippen LogP contribution >= 0.6 is 0 Å². The number of benzene rings is 1. The average Bonchev–Trinajstić information content (AvgIpc) is 2.49. The monoisotopic (exact) mass is 290 g/mol. The van der Waals surface area contributed by atoms with Crippen molar-refractivity contribution in [3.63, 3.8) is 0 Å². The Labute approximate surface area is 127 Å². The van der Waals surface area contributed by atoms with Gasteiger partial charge in [0.25, 0.3) is 0 Å². The van der Waals surface area contributed by atoms with Gasteiger partial charge < -0.3 is 5.73 Å². The van der Waals surface area contributed by atoms with E-state index in [4.69, 9.17) is 5.73 Å². The van der Waals surface area contributed by atoms with Crippen molar-refractivity contribution in [2.75, 3.05) is 6.54 Å². The molecule has 0 radical (unpaired) electrons. The second-order valence-corrected chi connectivity index (χ2v) is 6.85. The first-order chi connectivity index (χ1) is 10.2. The zero-order chi connectivity index (χ0) is 14.8. The molecule has 1 aliphatic heterocycles. The normalized spacial score (nSPS) is 29.7. The maximum atomic E-state index is 13.2. The molecule has 2 nitrogen and oxygen atoms in total. The van der Waals surface area contributed by atoms with Crippen LogP contribution in [0.3, 0.4) is 0 Å². The summed E-state index contributed by atoms with van der Waals surface area (Å²) < 4.78 is 13.2. The first-order valence-electron chi connectivity index (χ1n) is 8.43. The molecule has 3 heteroatoms. The summed E-state index contributed by atoms with van der Waals surface area (Å²) in [5.74, 6) is 0.672. The van der Waals surface area contributed by atoms with Crippen LogP contribution in [0.15, 0.2) is 24.3 Å². The Morgan fingerprint density at radius 3 is 2.48 bits per heavy atom. The van der Waals surface area contributed by atoms with Gasteiger partial charge in [0.15, 0.2) is 0 Å². The Morgan fingerprint density at radius 1 is 1.10 bits per heavy atom. The molecule has 1 aromatic rings. The second kappa shape index (κ2) is 6.45. The number of nitrogens with two attached hydrogens (primary N) is 1. The Bertz CT molecular complexity index is 455. The molecule has 0 spiro atoms. The molecular formula is C18H27FN2. The third-order valence-electron chi connectivity index (χ3n) is 5.35. The summed E-state index contributed by atoms with van der Waals surface area (Å²) in [5, 5.41) is 0. The van der Waals surface area contributed by atoms with E-state index in [1.54, 1.807) is 12.1 Å². The van der Waals surface area contributed by atoms with Gasteiger partial charge in [0, 0.05) is 18.1 Å². The topological polar surface area (TPSA) is 29.3 Å². The van der Waals surface area contributed by atoms with E-state index in [1.807, 2.05) is 12.1 Å². The highest BCUT2D eigenvalue weighted by molar-refractivity contribution is 5.22. The van der Waals surface area contributed by atoms with E-state index in [0.29, 0.717) is 6.04 Å². The maximum Gasteiger partial charge on any atom is 0.123 e. The minimum Gasteiger partial charge on any atom is -0.326 e. The van der Waals surface area contributed by atoms with Crippen LogP contribution in [0.1, 0.15) is 57.1 Å². The van der Waals surface area contributed by atoms with Crippen LogP contribution in [0.5, 0.6) is 0 Å². The molecule has 2 N–H and O–H groups in total. The Balaban J connectivity index is 1.87. The SMILES string of the molecule is CC(N)C(c1ccc(F)cc1)N1CCC[C@H]2CCCC[C@H]21. The molecule has 2 fully saturated rings. The van der Waals surface area contributed by atoms with Crippen molar-refractivity contribution < 1.29 is 4.39 Å². The molecule has 1 saturated carbocycles. The van der Waals surface area contributed by atoms with Crippen molar-refractivity contribution in [2.45, 2.75) is 63.6 Å². The number of fused-ring (bicyclic) bond motifs is 1. The quantitative estimate of drug-likeness (QED) is 0.915. The average molecular weight is 290 g/mol. The zero-order valence-electron chi connectivity index (χ0n) is 13.0. The molecule has 21 heavy (non-hydrogen) atoms. The highest BCUT2D eigenvalue weighted by Crippen LogP contribution is 2.40. The summed E-state index contributed by atoms with van der Waals surface area (Å²) >= 11 is 0. The van der Waals surface area contributed by atoms with Gasteiger partial charge in [0.05, 0.1) is 0 Å².